The van der Waals surface area contributed by atoms with Crippen LogP contribution in [0.4, 0.5) is 0 Å². The number of fused-ring (bicyclic) bond motifs is 6. The highest BCUT2D eigenvalue weighted by atomic mass is 15.0. The topological polar surface area (TPSA) is 48.5 Å². The van der Waals surface area contributed by atoms with Gasteiger partial charge in [0.25, 0.3) is 0 Å². The van der Waals surface area contributed by atoms with Crippen LogP contribution in [0.2, 0.25) is 0 Å². The van der Waals surface area contributed by atoms with Crippen molar-refractivity contribution in [2.75, 3.05) is 0 Å². The molecule has 0 bridgehead atoms. The maximum Gasteiger partial charge on any atom is 0.160 e. The molecule has 0 aliphatic rings. The van der Waals surface area contributed by atoms with Crippen LogP contribution in [0.1, 0.15) is 0 Å². The molecule has 0 amide bonds. The molecular weight excluding hydrogens is 683 g/mol. The van der Waals surface area contributed by atoms with E-state index >= 15 is 0 Å². The molecule has 7 aromatic carbocycles. The minimum atomic E-state index is 0.684. The summed E-state index contributed by atoms with van der Waals surface area (Å²) in [5.41, 5.74) is 13.7. The second kappa shape index (κ2) is 13.0. The molecule has 0 spiro atoms. The van der Waals surface area contributed by atoms with Crippen LogP contribution in [-0.4, -0.2) is 24.1 Å². The lowest BCUT2D eigenvalue weighted by molar-refractivity contribution is 1.13. The molecule has 262 valence electrons. The first kappa shape index (κ1) is 31.9. The maximum absolute atomic E-state index is 5.06. The second-order valence-corrected chi connectivity index (χ2v) is 14.1. The summed E-state index contributed by atoms with van der Waals surface area (Å²) in [6, 6.07) is 68.3. The van der Waals surface area contributed by atoms with Crippen molar-refractivity contribution in [1.29, 1.82) is 0 Å². The van der Waals surface area contributed by atoms with Gasteiger partial charge < -0.3 is 4.57 Å². The fourth-order valence-corrected chi connectivity index (χ4v) is 8.14. The smallest absolute Gasteiger partial charge is 0.160 e. The molecule has 11 rings (SSSR count). The molecule has 56 heavy (non-hydrogen) atoms. The molecule has 0 atom stereocenters. The molecule has 5 nitrogen and oxygen atoms in total. The van der Waals surface area contributed by atoms with Crippen molar-refractivity contribution in [3.05, 3.63) is 200 Å². The zero-order valence-corrected chi connectivity index (χ0v) is 30.3. The van der Waals surface area contributed by atoms with Gasteiger partial charge in [-0.05, 0) is 90.0 Å². The van der Waals surface area contributed by atoms with E-state index in [0.29, 0.717) is 5.82 Å². The molecule has 0 aliphatic carbocycles. The van der Waals surface area contributed by atoms with Crippen molar-refractivity contribution in [3.8, 4) is 56.4 Å². The van der Waals surface area contributed by atoms with E-state index in [1.165, 1.54) is 27.4 Å². The van der Waals surface area contributed by atoms with Gasteiger partial charge in [-0.2, -0.15) is 0 Å². The number of rotatable bonds is 6. The van der Waals surface area contributed by atoms with Gasteiger partial charge in [0.1, 0.15) is 5.65 Å². The van der Waals surface area contributed by atoms with Crippen LogP contribution >= 0.6 is 0 Å². The molecule has 0 aliphatic heterocycles. The Hall–Kier alpha value is -7.63. The van der Waals surface area contributed by atoms with E-state index in [1.807, 2.05) is 48.7 Å². The Bertz CT molecular complexity index is 3160. The third-order valence-electron chi connectivity index (χ3n) is 10.8. The minimum Gasteiger partial charge on any atom is -0.309 e. The van der Waals surface area contributed by atoms with Crippen molar-refractivity contribution in [1.82, 2.24) is 24.1 Å². The summed E-state index contributed by atoms with van der Waals surface area (Å²) in [4.78, 5) is 15.0. The summed E-state index contributed by atoms with van der Waals surface area (Å²) in [5.74, 6) is 0.684. The number of aromatic nitrogens is 5. The first-order valence-corrected chi connectivity index (χ1v) is 18.9. The summed E-state index contributed by atoms with van der Waals surface area (Å²) in [7, 11) is 0. The van der Waals surface area contributed by atoms with Gasteiger partial charge in [0, 0.05) is 55.8 Å². The van der Waals surface area contributed by atoms with Gasteiger partial charge in [0.15, 0.2) is 5.82 Å². The highest BCUT2D eigenvalue weighted by Gasteiger charge is 2.17. The van der Waals surface area contributed by atoms with Crippen LogP contribution in [0.3, 0.4) is 0 Å². The quantitative estimate of drug-likeness (QED) is 0.172. The Morgan fingerprint density at radius 3 is 1.61 bits per heavy atom. The van der Waals surface area contributed by atoms with Gasteiger partial charge in [-0.25, -0.2) is 15.0 Å². The molecular formula is C51H33N5. The van der Waals surface area contributed by atoms with Crippen molar-refractivity contribution < 1.29 is 0 Å². The molecule has 0 saturated heterocycles. The molecule has 0 radical (unpaired) electrons. The number of nitrogens with zero attached hydrogens (tertiary/aromatic N) is 5. The maximum atomic E-state index is 5.06. The lowest BCUT2D eigenvalue weighted by atomic mass is 10.0. The third kappa shape index (κ3) is 5.29. The van der Waals surface area contributed by atoms with Gasteiger partial charge in [-0.1, -0.05) is 115 Å². The van der Waals surface area contributed by atoms with Gasteiger partial charge in [0.05, 0.1) is 27.9 Å². The van der Waals surface area contributed by atoms with E-state index in [1.54, 1.807) is 0 Å². The molecule has 0 saturated carbocycles. The SMILES string of the molecule is c1ccc(-c2cc(-c3ccccc3)nc(-c3ccc(-n4c5cc(-c6ccc7c(c6)c6ccccc6n7-c6ccccc6)ccc5c5cccnc54)cc3)n2)cc1. The summed E-state index contributed by atoms with van der Waals surface area (Å²) >= 11 is 0. The Balaban J connectivity index is 1.03. The first-order valence-electron chi connectivity index (χ1n) is 18.9. The minimum absolute atomic E-state index is 0.684. The standard InChI is InChI=1S/C51H33N5/c1-4-13-34(14-5-1)45-33-46(35-15-6-2-7-16-35)54-50(53-45)36-22-26-40(27-23-36)56-49-32-38(24-28-42(49)43-20-12-30-52-51(43)56)37-25-29-48-44(31-37)41-19-10-11-21-47(41)55(48)39-17-8-3-9-18-39/h1-33H. The zero-order chi connectivity index (χ0) is 37.0. The van der Waals surface area contributed by atoms with Gasteiger partial charge >= 0.3 is 0 Å². The number of hydrogen-bond acceptors (Lipinski definition) is 3. The highest BCUT2D eigenvalue weighted by molar-refractivity contribution is 6.12. The summed E-state index contributed by atoms with van der Waals surface area (Å²) in [6.45, 7) is 0. The van der Waals surface area contributed by atoms with E-state index in [0.717, 1.165) is 67.0 Å². The van der Waals surface area contributed by atoms with Crippen molar-refractivity contribution in [2.24, 2.45) is 0 Å². The highest BCUT2D eigenvalue weighted by Crippen LogP contribution is 2.38. The Labute approximate surface area is 323 Å². The average Bonchev–Trinajstić information content (AvgIpc) is 3.79. The number of pyridine rings is 1. The van der Waals surface area contributed by atoms with Crippen molar-refractivity contribution in [3.63, 3.8) is 0 Å². The average molecular weight is 716 g/mol. The van der Waals surface area contributed by atoms with Crippen LogP contribution in [0.5, 0.6) is 0 Å². The molecule has 0 fully saturated rings. The van der Waals surface area contributed by atoms with Crippen LogP contribution in [-0.2, 0) is 0 Å². The number of benzene rings is 7. The first-order chi connectivity index (χ1) is 27.8. The van der Waals surface area contributed by atoms with E-state index in [2.05, 4.69) is 161 Å². The van der Waals surface area contributed by atoms with E-state index < -0.39 is 0 Å². The predicted molar refractivity (Wildman–Crippen MR) is 230 cm³/mol. The second-order valence-electron chi connectivity index (χ2n) is 14.1. The number of para-hydroxylation sites is 2. The van der Waals surface area contributed by atoms with E-state index in [-0.39, 0.29) is 0 Å². The lowest BCUT2D eigenvalue weighted by Crippen LogP contribution is -1.98. The Morgan fingerprint density at radius 1 is 0.321 bits per heavy atom. The van der Waals surface area contributed by atoms with Crippen LogP contribution in [0.25, 0.3) is 100 Å². The predicted octanol–water partition coefficient (Wildman–Crippen LogP) is 12.7. The Morgan fingerprint density at radius 2 is 0.875 bits per heavy atom. The van der Waals surface area contributed by atoms with E-state index in [4.69, 9.17) is 15.0 Å². The number of hydrogen-bond donors (Lipinski definition) is 0. The van der Waals surface area contributed by atoms with Crippen LogP contribution < -0.4 is 0 Å². The van der Waals surface area contributed by atoms with Gasteiger partial charge in [-0.15, -0.1) is 0 Å². The third-order valence-corrected chi connectivity index (χ3v) is 10.8. The fourth-order valence-electron chi connectivity index (χ4n) is 8.14. The largest absolute Gasteiger partial charge is 0.309 e. The monoisotopic (exact) mass is 715 g/mol. The molecule has 5 heteroatoms. The summed E-state index contributed by atoms with van der Waals surface area (Å²) < 4.78 is 4.63. The molecule has 4 heterocycles. The van der Waals surface area contributed by atoms with Gasteiger partial charge in [-0.3, -0.25) is 4.57 Å². The zero-order valence-electron chi connectivity index (χ0n) is 30.3. The fraction of sp³-hybridized carbons (Fsp3) is 0. The molecule has 4 aromatic heterocycles. The normalized spacial score (nSPS) is 11.6. The Kier molecular flexibility index (Phi) is 7.42. The van der Waals surface area contributed by atoms with Gasteiger partial charge in [0.2, 0.25) is 0 Å². The van der Waals surface area contributed by atoms with Crippen molar-refractivity contribution in [2.45, 2.75) is 0 Å². The lowest BCUT2D eigenvalue weighted by Gasteiger charge is -2.11. The van der Waals surface area contributed by atoms with Crippen LogP contribution in [0.15, 0.2) is 200 Å². The van der Waals surface area contributed by atoms with E-state index in [9.17, 15) is 0 Å². The van der Waals surface area contributed by atoms with Crippen molar-refractivity contribution >= 4 is 43.7 Å². The van der Waals surface area contributed by atoms with Crippen LogP contribution in [0, 0.1) is 0 Å². The molecule has 11 aromatic rings. The summed E-state index contributed by atoms with van der Waals surface area (Å²) in [6.07, 6.45) is 1.87. The molecule has 0 unspecified atom stereocenters. The summed E-state index contributed by atoms with van der Waals surface area (Å²) in [5, 5.41) is 4.75. The molecule has 0 N–H and O–H groups in total.